The average molecular weight is 279 g/mol. The summed E-state index contributed by atoms with van der Waals surface area (Å²) in [5, 5.41) is 16.9. The molecule has 1 aromatic rings. The number of pyridine rings is 1. The largest absolute Gasteiger partial charge is 0.478 e. The van der Waals surface area contributed by atoms with Crippen LogP contribution in [0.15, 0.2) is 23.4 Å². The second kappa shape index (κ2) is 5.96. The molecule has 98 valence electrons. The molecule has 1 rings (SSSR count). The van der Waals surface area contributed by atoms with E-state index in [0.717, 1.165) is 22.6 Å². The minimum absolute atomic E-state index is 0.136. The van der Waals surface area contributed by atoms with Crippen molar-refractivity contribution in [2.45, 2.75) is 5.03 Å². The van der Waals surface area contributed by atoms with E-state index in [2.05, 4.69) is 10.9 Å². The topological polar surface area (TPSA) is 111 Å². The van der Waals surface area contributed by atoms with Gasteiger partial charge in [0.1, 0.15) is 6.54 Å². The van der Waals surface area contributed by atoms with Crippen LogP contribution in [-0.2, 0) is 10.0 Å². The van der Waals surface area contributed by atoms with Gasteiger partial charge in [-0.1, -0.05) is 5.92 Å². The van der Waals surface area contributed by atoms with Gasteiger partial charge in [0, 0.05) is 6.20 Å². The number of terminal acetylenes is 1. The normalized spacial score (nSPS) is 10.7. The number of nitriles is 1. The zero-order chi connectivity index (χ0) is 14.5. The number of sulfonamides is 1. The second-order valence-electron chi connectivity index (χ2n) is 3.33. The fourth-order valence-electron chi connectivity index (χ4n) is 1.20. The van der Waals surface area contributed by atoms with E-state index in [1.54, 1.807) is 6.07 Å². The van der Waals surface area contributed by atoms with Gasteiger partial charge in [0.2, 0.25) is 0 Å². The third-order valence-corrected chi connectivity index (χ3v) is 3.81. The van der Waals surface area contributed by atoms with Crippen LogP contribution in [0.3, 0.4) is 0 Å². The summed E-state index contributed by atoms with van der Waals surface area (Å²) in [6.07, 6.45) is 5.96. The van der Waals surface area contributed by atoms with E-state index in [9.17, 15) is 13.2 Å². The first-order valence-electron chi connectivity index (χ1n) is 4.93. The number of rotatable bonds is 5. The van der Waals surface area contributed by atoms with E-state index in [-0.39, 0.29) is 17.1 Å². The van der Waals surface area contributed by atoms with Crippen LogP contribution < -0.4 is 0 Å². The molecule has 0 bridgehead atoms. The van der Waals surface area contributed by atoms with Crippen molar-refractivity contribution in [2.24, 2.45) is 0 Å². The number of hydrogen-bond donors (Lipinski definition) is 1. The molecule has 1 N–H and O–H groups in total. The zero-order valence-corrected chi connectivity index (χ0v) is 10.5. The second-order valence-corrected chi connectivity index (χ2v) is 5.21. The highest BCUT2D eigenvalue weighted by Gasteiger charge is 2.25. The van der Waals surface area contributed by atoms with Crippen molar-refractivity contribution in [1.82, 2.24) is 9.29 Å². The smallest absolute Gasteiger partial charge is 0.337 e. The highest BCUT2D eigenvalue weighted by molar-refractivity contribution is 7.89. The molecule has 0 saturated carbocycles. The van der Waals surface area contributed by atoms with Crippen LogP contribution in [-0.4, -0.2) is 41.9 Å². The lowest BCUT2D eigenvalue weighted by molar-refractivity contribution is 0.0696. The maximum absolute atomic E-state index is 12.1. The van der Waals surface area contributed by atoms with Crippen molar-refractivity contribution in [2.75, 3.05) is 13.1 Å². The molecule has 0 amide bonds. The summed E-state index contributed by atoms with van der Waals surface area (Å²) >= 11 is 0. The number of carbonyl (C=O) groups is 1. The highest BCUT2D eigenvalue weighted by atomic mass is 32.2. The Balaban J connectivity index is 3.15. The fourth-order valence-corrected chi connectivity index (χ4v) is 2.36. The van der Waals surface area contributed by atoms with Crippen molar-refractivity contribution in [3.8, 4) is 18.4 Å². The standard InChI is InChI=1S/C11H9N3O4S/c1-2-6-14(7-5-12)19(17,18)10-4-3-9(8-13-10)11(15)16/h1,3-4,8H,6-7H2,(H,15,16). The van der Waals surface area contributed by atoms with Gasteiger partial charge < -0.3 is 5.11 Å². The zero-order valence-electron chi connectivity index (χ0n) is 9.65. The minimum Gasteiger partial charge on any atom is -0.478 e. The number of hydrogen-bond acceptors (Lipinski definition) is 5. The molecular formula is C11H9N3O4S. The van der Waals surface area contributed by atoms with E-state index in [0.29, 0.717) is 0 Å². The Morgan fingerprint density at radius 2 is 2.16 bits per heavy atom. The van der Waals surface area contributed by atoms with Crippen LogP contribution in [0.1, 0.15) is 10.4 Å². The van der Waals surface area contributed by atoms with E-state index in [1.165, 1.54) is 0 Å². The Labute approximate surface area is 110 Å². The first-order valence-corrected chi connectivity index (χ1v) is 6.37. The third kappa shape index (κ3) is 3.28. The molecule has 0 aromatic carbocycles. The van der Waals surface area contributed by atoms with Gasteiger partial charge >= 0.3 is 5.97 Å². The quantitative estimate of drug-likeness (QED) is 0.596. The monoisotopic (exact) mass is 279 g/mol. The van der Waals surface area contributed by atoms with Gasteiger partial charge in [0.05, 0.1) is 18.2 Å². The summed E-state index contributed by atoms with van der Waals surface area (Å²) < 4.78 is 24.9. The van der Waals surface area contributed by atoms with Gasteiger partial charge in [-0.05, 0) is 12.1 Å². The summed E-state index contributed by atoms with van der Waals surface area (Å²) in [7, 11) is -4.00. The van der Waals surface area contributed by atoms with Gasteiger partial charge in [-0.25, -0.2) is 18.2 Å². The van der Waals surface area contributed by atoms with E-state index >= 15 is 0 Å². The Morgan fingerprint density at radius 3 is 2.58 bits per heavy atom. The average Bonchev–Trinajstić information content (AvgIpc) is 2.38. The molecule has 0 radical (unpaired) electrons. The van der Waals surface area contributed by atoms with Crippen molar-refractivity contribution >= 4 is 16.0 Å². The Morgan fingerprint density at radius 1 is 1.47 bits per heavy atom. The van der Waals surface area contributed by atoms with Crippen molar-refractivity contribution < 1.29 is 18.3 Å². The van der Waals surface area contributed by atoms with Crippen LogP contribution in [0, 0.1) is 23.7 Å². The molecule has 0 saturated heterocycles. The lowest BCUT2D eigenvalue weighted by Crippen LogP contribution is -2.32. The Hall–Kier alpha value is -2.42. The van der Waals surface area contributed by atoms with Gasteiger partial charge in [-0.2, -0.15) is 9.57 Å². The molecule has 8 heteroatoms. The first-order chi connectivity index (χ1) is 8.93. The van der Waals surface area contributed by atoms with Crippen molar-refractivity contribution in [1.29, 1.82) is 5.26 Å². The molecule has 0 fully saturated rings. The molecule has 0 aliphatic heterocycles. The summed E-state index contributed by atoms with van der Waals surface area (Å²) in [6, 6.07) is 3.86. The summed E-state index contributed by atoms with van der Waals surface area (Å²) in [5.74, 6) is 0.918. The summed E-state index contributed by atoms with van der Waals surface area (Å²) in [6.45, 7) is -0.673. The number of carboxylic acids is 1. The number of aromatic nitrogens is 1. The molecule has 1 heterocycles. The van der Waals surface area contributed by atoms with Crippen LogP contribution in [0.4, 0.5) is 0 Å². The van der Waals surface area contributed by atoms with Gasteiger partial charge in [-0.3, -0.25) is 0 Å². The molecular weight excluding hydrogens is 270 g/mol. The molecule has 0 unspecified atom stereocenters. The molecule has 0 aliphatic rings. The van der Waals surface area contributed by atoms with Crippen LogP contribution in [0.25, 0.3) is 0 Å². The predicted octanol–water partition coefficient (Wildman–Crippen LogP) is -0.0727. The molecule has 1 aromatic heterocycles. The predicted molar refractivity (Wildman–Crippen MR) is 64.4 cm³/mol. The lowest BCUT2D eigenvalue weighted by atomic mass is 10.3. The molecule has 19 heavy (non-hydrogen) atoms. The lowest BCUT2D eigenvalue weighted by Gasteiger charge is -2.15. The van der Waals surface area contributed by atoms with Crippen LogP contribution in [0.5, 0.6) is 0 Å². The van der Waals surface area contributed by atoms with Crippen LogP contribution in [0.2, 0.25) is 0 Å². The van der Waals surface area contributed by atoms with Gasteiger partial charge in [0.15, 0.2) is 5.03 Å². The number of aromatic carboxylic acids is 1. The summed E-state index contributed by atoms with van der Waals surface area (Å²) in [5.41, 5.74) is -0.136. The third-order valence-electron chi connectivity index (χ3n) is 2.10. The van der Waals surface area contributed by atoms with E-state index in [4.69, 9.17) is 16.8 Å². The van der Waals surface area contributed by atoms with E-state index in [1.807, 2.05) is 0 Å². The maximum Gasteiger partial charge on any atom is 0.337 e. The van der Waals surface area contributed by atoms with Gasteiger partial charge in [-0.15, -0.1) is 6.42 Å². The number of nitrogens with zero attached hydrogens (tertiary/aromatic N) is 3. The highest BCUT2D eigenvalue weighted by Crippen LogP contribution is 2.13. The molecule has 7 nitrogen and oxygen atoms in total. The Bertz CT molecular complexity index is 637. The first kappa shape index (κ1) is 14.6. The fraction of sp³-hybridized carbons (Fsp3) is 0.182. The SMILES string of the molecule is C#CCN(CC#N)S(=O)(=O)c1ccc(C(=O)O)cn1. The van der Waals surface area contributed by atoms with Crippen molar-refractivity contribution in [3.05, 3.63) is 23.9 Å². The molecule has 0 aliphatic carbocycles. The maximum atomic E-state index is 12.1. The minimum atomic E-state index is -4.00. The summed E-state index contributed by atoms with van der Waals surface area (Å²) in [4.78, 5) is 14.2. The van der Waals surface area contributed by atoms with Crippen molar-refractivity contribution in [3.63, 3.8) is 0 Å². The Kier molecular flexibility index (Phi) is 4.59. The number of carboxylic acid groups (broad SMARTS) is 1. The molecule has 0 spiro atoms. The van der Waals surface area contributed by atoms with Gasteiger partial charge in [0.25, 0.3) is 10.0 Å². The molecule has 0 atom stereocenters. The van der Waals surface area contributed by atoms with Crippen LogP contribution >= 0.6 is 0 Å². The van der Waals surface area contributed by atoms with E-state index < -0.39 is 22.5 Å².